The maximum atomic E-state index is 12.7. The molecule has 4 N–H and O–H groups in total. The number of hydrogen-bond donors (Lipinski definition) is 4. The second-order valence-electron chi connectivity index (χ2n) is 7.10. The quantitative estimate of drug-likeness (QED) is 0.584. The molecule has 2 fully saturated rings. The van der Waals surface area contributed by atoms with Gasteiger partial charge in [-0.25, -0.2) is 10.2 Å². The number of amides is 1. The number of carboxylic acid groups (broad SMARTS) is 1. The van der Waals surface area contributed by atoms with Gasteiger partial charge in [-0.05, 0) is 43.0 Å². The second-order valence-corrected chi connectivity index (χ2v) is 7.10. The molecule has 8 heteroatoms. The third-order valence-corrected chi connectivity index (χ3v) is 5.33. The van der Waals surface area contributed by atoms with Gasteiger partial charge >= 0.3 is 5.97 Å². The molecular formula is C19H27N3O5. The van der Waals surface area contributed by atoms with E-state index >= 15 is 0 Å². The van der Waals surface area contributed by atoms with Gasteiger partial charge in [0.1, 0.15) is 17.9 Å². The van der Waals surface area contributed by atoms with Crippen molar-refractivity contribution in [2.45, 2.75) is 50.9 Å². The summed E-state index contributed by atoms with van der Waals surface area (Å²) in [4.78, 5) is 23.7. The Labute approximate surface area is 158 Å². The topological polar surface area (TPSA) is 109 Å². The number of benzene rings is 1. The van der Waals surface area contributed by atoms with Gasteiger partial charge in [0.25, 0.3) is 0 Å². The molecule has 2 aliphatic rings. The Morgan fingerprint density at radius 2 is 2.04 bits per heavy atom. The van der Waals surface area contributed by atoms with E-state index in [9.17, 15) is 9.59 Å². The first-order valence-corrected chi connectivity index (χ1v) is 9.38. The molecule has 2 aliphatic heterocycles. The first kappa shape index (κ1) is 19.6. The maximum Gasteiger partial charge on any atom is 0.335 e. The molecule has 2 saturated heterocycles. The summed E-state index contributed by atoms with van der Waals surface area (Å²) in [7, 11) is 0. The first-order valence-electron chi connectivity index (χ1n) is 9.38. The van der Waals surface area contributed by atoms with Gasteiger partial charge in [0.15, 0.2) is 0 Å². The van der Waals surface area contributed by atoms with Crippen LogP contribution in [-0.2, 0) is 9.53 Å². The predicted octanol–water partition coefficient (Wildman–Crippen LogP) is 0.928. The summed E-state index contributed by atoms with van der Waals surface area (Å²) >= 11 is 0. The maximum absolute atomic E-state index is 12.7. The third-order valence-electron chi connectivity index (χ3n) is 5.33. The van der Waals surface area contributed by atoms with Crippen molar-refractivity contribution in [3.8, 4) is 5.75 Å². The lowest BCUT2D eigenvalue weighted by molar-refractivity contribution is -0.126. The Morgan fingerprint density at radius 1 is 1.30 bits per heavy atom. The van der Waals surface area contributed by atoms with Crippen LogP contribution < -0.4 is 20.9 Å². The molecule has 0 saturated carbocycles. The van der Waals surface area contributed by atoms with Crippen molar-refractivity contribution in [2.75, 3.05) is 13.2 Å². The lowest BCUT2D eigenvalue weighted by Crippen LogP contribution is -2.56. The lowest BCUT2D eigenvalue weighted by atomic mass is 9.94. The number of carbonyl (C=O) groups is 2. The highest BCUT2D eigenvalue weighted by Gasteiger charge is 2.38. The highest BCUT2D eigenvalue weighted by Crippen LogP contribution is 2.21. The fraction of sp³-hybridized carbons (Fsp3) is 0.579. The van der Waals surface area contributed by atoms with Gasteiger partial charge in [-0.3, -0.25) is 10.2 Å². The van der Waals surface area contributed by atoms with Crippen molar-refractivity contribution < 1.29 is 24.2 Å². The van der Waals surface area contributed by atoms with Gasteiger partial charge in [0.2, 0.25) is 5.91 Å². The number of hydrazine groups is 1. The van der Waals surface area contributed by atoms with Crippen LogP contribution in [0.2, 0.25) is 0 Å². The van der Waals surface area contributed by atoms with E-state index in [2.05, 4.69) is 30.0 Å². The largest absolute Gasteiger partial charge is 0.486 e. The predicted molar refractivity (Wildman–Crippen MR) is 98.5 cm³/mol. The average Bonchev–Trinajstić information content (AvgIpc) is 3.04. The molecule has 0 aromatic heterocycles. The fourth-order valence-corrected chi connectivity index (χ4v) is 3.59. The molecule has 5 atom stereocenters. The van der Waals surface area contributed by atoms with Gasteiger partial charge in [0, 0.05) is 12.6 Å². The average molecular weight is 377 g/mol. The van der Waals surface area contributed by atoms with Crippen LogP contribution in [0.4, 0.5) is 0 Å². The van der Waals surface area contributed by atoms with Crippen LogP contribution in [-0.4, -0.2) is 54.4 Å². The molecule has 3 unspecified atom stereocenters. The summed E-state index contributed by atoms with van der Waals surface area (Å²) in [6.45, 7) is 5.09. The minimum Gasteiger partial charge on any atom is -0.486 e. The van der Waals surface area contributed by atoms with Crippen LogP contribution in [0.1, 0.15) is 37.0 Å². The molecule has 0 aliphatic carbocycles. The third kappa shape index (κ3) is 4.58. The molecule has 1 aromatic carbocycles. The van der Waals surface area contributed by atoms with Crippen LogP contribution in [0.15, 0.2) is 24.3 Å². The minimum absolute atomic E-state index is 0.0484. The summed E-state index contributed by atoms with van der Waals surface area (Å²) in [5.41, 5.74) is 6.46. The number of nitrogens with one attached hydrogen (secondary N) is 3. The molecule has 8 nitrogen and oxygen atoms in total. The lowest BCUT2D eigenvalue weighted by Gasteiger charge is -2.33. The minimum atomic E-state index is -0.982. The van der Waals surface area contributed by atoms with Gasteiger partial charge in [-0.15, -0.1) is 0 Å². The molecule has 2 heterocycles. The molecule has 0 spiro atoms. The zero-order chi connectivity index (χ0) is 19.4. The number of rotatable bonds is 6. The molecular weight excluding hydrogens is 350 g/mol. The second kappa shape index (κ2) is 8.69. The van der Waals surface area contributed by atoms with E-state index < -0.39 is 5.97 Å². The van der Waals surface area contributed by atoms with E-state index in [-0.39, 0.29) is 41.6 Å². The Hall–Kier alpha value is -2.16. The summed E-state index contributed by atoms with van der Waals surface area (Å²) in [6.07, 6.45) is 1.29. The monoisotopic (exact) mass is 377 g/mol. The van der Waals surface area contributed by atoms with Gasteiger partial charge < -0.3 is 19.9 Å². The number of carboxylic acids is 1. The highest BCUT2D eigenvalue weighted by molar-refractivity contribution is 5.87. The van der Waals surface area contributed by atoms with Crippen molar-refractivity contribution in [3.63, 3.8) is 0 Å². The fourth-order valence-electron chi connectivity index (χ4n) is 3.59. The van der Waals surface area contributed by atoms with Crippen molar-refractivity contribution >= 4 is 11.9 Å². The Kier molecular flexibility index (Phi) is 6.30. The van der Waals surface area contributed by atoms with Gasteiger partial charge in [-0.1, -0.05) is 13.8 Å². The van der Waals surface area contributed by atoms with E-state index in [1.807, 2.05) is 0 Å². The summed E-state index contributed by atoms with van der Waals surface area (Å²) in [5, 5.41) is 12.1. The van der Waals surface area contributed by atoms with Crippen LogP contribution in [0.5, 0.6) is 5.75 Å². The van der Waals surface area contributed by atoms with Crippen molar-refractivity contribution in [1.82, 2.24) is 16.2 Å². The van der Waals surface area contributed by atoms with Crippen molar-refractivity contribution in [1.29, 1.82) is 0 Å². The molecule has 148 valence electrons. The zero-order valence-corrected chi connectivity index (χ0v) is 15.6. The standard InChI is InChI=1S/C19H27N3O5/c1-3-14-11(2)17(22-21-14)18(23)20-15-8-9-26-10-16(15)27-13-6-4-12(5-7-13)19(24)25/h4-7,11,14-17,21-22H,3,8-10H2,1-2H3,(H,20,23)(H,24,25)/t11?,14?,15-,16-,17?/m1/s1. The number of hydrogen-bond acceptors (Lipinski definition) is 6. The van der Waals surface area contributed by atoms with Crippen molar-refractivity contribution in [2.24, 2.45) is 5.92 Å². The summed E-state index contributed by atoms with van der Waals surface area (Å²) < 4.78 is 11.5. The van der Waals surface area contributed by atoms with Gasteiger partial charge in [0.05, 0.1) is 18.2 Å². The molecule has 0 bridgehead atoms. The SMILES string of the molecule is CCC1NNC(C(=O)N[C@@H]2CCOC[C@H]2Oc2ccc(C(=O)O)cc2)C1C. The number of aromatic carboxylic acids is 1. The number of carbonyl (C=O) groups excluding carboxylic acids is 1. The van der Waals surface area contributed by atoms with Gasteiger partial charge in [-0.2, -0.15) is 0 Å². The summed E-state index contributed by atoms with van der Waals surface area (Å²) in [5.74, 6) is -0.287. The number of ether oxygens (including phenoxy) is 2. The Morgan fingerprint density at radius 3 is 2.67 bits per heavy atom. The van der Waals surface area contributed by atoms with Crippen LogP contribution in [0.3, 0.4) is 0 Å². The van der Waals surface area contributed by atoms with Crippen LogP contribution in [0, 0.1) is 5.92 Å². The molecule has 1 aromatic rings. The zero-order valence-electron chi connectivity index (χ0n) is 15.6. The summed E-state index contributed by atoms with van der Waals surface area (Å²) in [6, 6.07) is 6.05. The molecule has 1 amide bonds. The molecule has 27 heavy (non-hydrogen) atoms. The van der Waals surface area contributed by atoms with Crippen LogP contribution in [0.25, 0.3) is 0 Å². The van der Waals surface area contributed by atoms with Crippen LogP contribution >= 0.6 is 0 Å². The van der Waals surface area contributed by atoms with E-state index in [1.54, 1.807) is 12.1 Å². The van der Waals surface area contributed by atoms with Crippen molar-refractivity contribution in [3.05, 3.63) is 29.8 Å². The normalized spacial score (nSPS) is 30.7. The smallest absolute Gasteiger partial charge is 0.335 e. The molecule has 3 rings (SSSR count). The Bertz CT molecular complexity index is 666. The Balaban J connectivity index is 1.61. The van der Waals surface area contributed by atoms with E-state index in [4.69, 9.17) is 14.6 Å². The van der Waals surface area contributed by atoms with E-state index in [0.717, 1.165) is 6.42 Å². The van der Waals surface area contributed by atoms with E-state index in [0.29, 0.717) is 25.4 Å². The highest BCUT2D eigenvalue weighted by atomic mass is 16.5. The molecule has 0 radical (unpaired) electrons. The first-order chi connectivity index (χ1) is 13.0. The van der Waals surface area contributed by atoms with E-state index in [1.165, 1.54) is 12.1 Å².